The van der Waals surface area contributed by atoms with Gasteiger partial charge in [-0.25, -0.2) is 4.79 Å². The van der Waals surface area contributed by atoms with Gasteiger partial charge in [-0.15, -0.1) is 0 Å². The third-order valence-electron chi connectivity index (χ3n) is 4.61. The number of amides is 2. The molecule has 0 aromatic heterocycles. The van der Waals surface area contributed by atoms with Crippen LogP contribution in [0.3, 0.4) is 0 Å². The van der Waals surface area contributed by atoms with Gasteiger partial charge < -0.3 is 4.74 Å². The molecule has 2 atom stereocenters. The first-order chi connectivity index (χ1) is 11.0. The first-order valence-corrected chi connectivity index (χ1v) is 7.81. The molecule has 120 valence electrons. The van der Waals surface area contributed by atoms with E-state index in [4.69, 9.17) is 4.74 Å². The summed E-state index contributed by atoms with van der Waals surface area (Å²) in [6.45, 7) is 2.12. The van der Waals surface area contributed by atoms with E-state index >= 15 is 0 Å². The fraction of sp³-hybridized carbons (Fsp3) is 0.389. The molecule has 0 bridgehead atoms. The van der Waals surface area contributed by atoms with Crippen molar-refractivity contribution in [2.75, 3.05) is 13.7 Å². The molecule has 0 radical (unpaired) electrons. The maximum atomic E-state index is 12.2. The number of carbonyl (C=O) groups excluding carboxylic acids is 3. The number of imide groups is 1. The summed E-state index contributed by atoms with van der Waals surface area (Å²) in [6.07, 6.45) is 3.19. The first kappa shape index (κ1) is 15.5. The van der Waals surface area contributed by atoms with Crippen LogP contribution in [0.2, 0.25) is 0 Å². The molecule has 1 aromatic carbocycles. The SMILES string of the molecule is CCOC(=O)c1ccc(C2=CC[C@H]3C(=O)N(C)C(=O)[C@H]3C2)cc1. The van der Waals surface area contributed by atoms with Gasteiger partial charge in [0, 0.05) is 7.05 Å². The molecule has 2 amide bonds. The summed E-state index contributed by atoms with van der Waals surface area (Å²) in [5.41, 5.74) is 2.54. The Morgan fingerprint density at radius 2 is 1.83 bits per heavy atom. The normalized spacial score (nSPS) is 23.6. The van der Waals surface area contributed by atoms with Crippen molar-refractivity contribution in [1.82, 2.24) is 4.90 Å². The quantitative estimate of drug-likeness (QED) is 0.634. The minimum atomic E-state index is -0.338. The molecular formula is C18H19NO4. The van der Waals surface area contributed by atoms with Gasteiger partial charge in [0.05, 0.1) is 24.0 Å². The van der Waals surface area contributed by atoms with Crippen LogP contribution in [-0.4, -0.2) is 36.3 Å². The smallest absolute Gasteiger partial charge is 0.338 e. The van der Waals surface area contributed by atoms with Crippen LogP contribution in [0.25, 0.3) is 5.57 Å². The maximum absolute atomic E-state index is 12.2. The van der Waals surface area contributed by atoms with E-state index in [1.807, 2.05) is 18.2 Å². The average molecular weight is 313 g/mol. The summed E-state index contributed by atoms with van der Waals surface area (Å²) in [5, 5.41) is 0. The molecule has 3 rings (SSSR count). The van der Waals surface area contributed by atoms with Crippen molar-refractivity contribution in [2.45, 2.75) is 19.8 Å². The summed E-state index contributed by atoms with van der Waals surface area (Å²) >= 11 is 0. The van der Waals surface area contributed by atoms with Gasteiger partial charge in [-0.05, 0) is 43.0 Å². The Labute approximate surface area is 134 Å². The van der Waals surface area contributed by atoms with Crippen molar-refractivity contribution in [2.24, 2.45) is 11.8 Å². The molecule has 1 aliphatic heterocycles. The Kier molecular flexibility index (Phi) is 4.03. The van der Waals surface area contributed by atoms with Gasteiger partial charge in [-0.2, -0.15) is 0 Å². The number of nitrogens with zero attached hydrogens (tertiary/aromatic N) is 1. The van der Waals surface area contributed by atoms with Crippen molar-refractivity contribution in [3.63, 3.8) is 0 Å². The average Bonchev–Trinajstić information content (AvgIpc) is 2.79. The van der Waals surface area contributed by atoms with Gasteiger partial charge in [-0.1, -0.05) is 18.2 Å². The monoisotopic (exact) mass is 313 g/mol. The van der Waals surface area contributed by atoms with Crippen LogP contribution in [0, 0.1) is 11.8 Å². The lowest BCUT2D eigenvalue weighted by atomic mass is 9.79. The molecule has 5 heteroatoms. The molecule has 0 N–H and O–H groups in total. The van der Waals surface area contributed by atoms with Crippen LogP contribution >= 0.6 is 0 Å². The Bertz CT molecular complexity index is 689. The molecule has 1 aliphatic carbocycles. The van der Waals surface area contributed by atoms with E-state index in [1.165, 1.54) is 4.90 Å². The maximum Gasteiger partial charge on any atom is 0.338 e. The summed E-state index contributed by atoms with van der Waals surface area (Å²) in [5.74, 6) is -0.969. The predicted molar refractivity (Wildman–Crippen MR) is 84.4 cm³/mol. The van der Waals surface area contributed by atoms with Crippen LogP contribution in [-0.2, 0) is 14.3 Å². The number of rotatable bonds is 3. The minimum absolute atomic E-state index is 0.0760. The second-order valence-electron chi connectivity index (χ2n) is 5.92. The highest BCUT2D eigenvalue weighted by Crippen LogP contribution is 2.40. The van der Waals surface area contributed by atoms with Gasteiger partial charge in [0.15, 0.2) is 0 Å². The fourth-order valence-electron chi connectivity index (χ4n) is 3.30. The molecule has 0 unspecified atom stereocenters. The molecule has 0 saturated carbocycles. The lowest BCUT2D eigenvalue weighted by molar-refractivity contribution is -0.138. The third kappa shape index (κ3) is 2.67. The molecular weight excluding hydrogens is 294 g/mol. The van der Waals surface area contributed by atoms with E-state index in [1.54, 1.807) is 26.1 Å². The number of hydrogen-bond donors (Lipinski definition) is 0. The van der Waals surface area contributed by atoms with Crippen LogP contribution in [0.1, 0.15) is 35.7 Å². The highest BCUT2D eigenvalue weighted by atomic mass is 16.5. The van der Waals surface area contributed by atoms with Crippen molar-refractivity contribution in [3.05, 3.63) is 41.5 Å². The fourth-order valence-corrected chi connectivity index (χ4v) is 3.30. The molecule has 5 nitrogen and oxygen atoms in total. The lowest BCUT2D eigenvalue weighted by Gasteiger charge is -2.22. The van der Waals surface area contributed by atoms with Crippen LogP contribution < -0.4 is 0 Å². The number of fused-ring (bicyclic) bond motifs is 1. The molecule has 23 heavy (non-hydrogen) atoms. The summed E-state index contributed by atoms with van der Waals surface area (Å²) < 4.78 is 4.97. The van der Waals surface area contributed by atoms with E-state index in [-0.39, 0.29) is 29.6 Å². The van der Waals surface area contributed by atoms with Crippen LogP contribution in [0.15, 0.2) is 30.3 Å². The molecule has 1 saturated heterocycles. The summed E-state index contributed by atoms with van der Waals surface area (Å²) in [4.78, 5) is 37.1. The number of likely N-dealkylation sites (tertiary alicyclic amines) is 1. The third-order valence-corrected chi connectivity index (χ3v) is 4.61. The van der Waals surface area contributed by atoms with Crippen molar-refractivity contribution in [1.29, 1.82) is 0 Å². The number of benzene rings is 1. The Hall–Kier alpha value is -2.43. The van der Waals surface area contributed by atoms with Gasteiger partial charge in [0.2, 0.25) is 11.8 Å². The highest BCUT2D eigenvalue weighted by molar-refractivity contribution is 6.06. The molecule has 1 aromatic rings. The Morgan fingerprint density at radius 3 is 2.48 bits per heavy atom. The minimum Gasteiger partial charge on any atom is -0.462 e. The lowest BCUT2D eigenvalue weighted by Crippen LogP contribution is -2.26. The van der Waals surface area contributed by atoms with Gasteiger partial charge in [0.1, 0.15) is 0 Å². The summed E-state index contributed by atoms with van der Waals surface area (Å²) in [6, 6.07) is 7.19. The number of esters is 1. The van der Waals surface area contributed by atoms with E-state index in [2.05, 4.69) is 0 Å². The van der Waals surface area contributed by atoms with E-state index in [0.717, 1.165) is 11.1 Å². The molecule has 2 aliphatic rings. The van der Waals surface area contributed by atoms with Gasteiger partial charge in [0.25, 0.3) is 0 Å². The molecule has 1 fully saturated rings. The van der Waals surface area contributed by atoms with Crippen molar-refractivity contribution >= 4 is 23.4 Å². The van der Waals surface area contributed by atoms with E-state index < -0.39 is 0 Å². The second kappa shape index (κ2) is 5.99. The van der Waals surface area contributed by atoms with E-state index in [9.17, 15) is 14.4 Å². The standard InChI is InChI=1S/C18H19NO4/c1-3-23-18(22)12-6-4-11(5-7-12)13-8-9-14-15(10-13)17(21)19(2)16(14)20/h4-8,14-15H,3,9-10H2,1-2H3/t14-,15+/m1/s1. The Balaban J connectivity index is 1.78. The van der Waals surface area contributed by atoms with Crippen molar-refractivity contribution < 1.29 is 19.1 Å². The number of ether oxygens (including phenoxy) is 1. The first-order valence-electron chi connectivity index (χ1n) is 7.81. The Morgan fingerprint density at radius 1 is 1.17 bits per heavy atom. The summed E-state index contributed by atoms with van der Waals surface area (Å²) in [7, 11) is 1.55. The molecule has 0 spiro atoms. The predicted octanol–water partition coefficient (Wildman–Crippen LogP) is 2.27. The zero-order valence-electron chi connectivity index (χ0n) is 13.2. The van der Waals surface area contributed by atoms with Crippen LogP contribution in [0.5, 0.6) is 0 Å². The largest absolute Gasteiger partial charge is 0.462 e. The topological polar surface area (TPSA) is 63.7 Å². The second-order valence-corrected chi connectivity index (χ2v) is 5.92. The number of allylic oxidation sites excluding steroid dienone is 2. The number of hydrogen-bond acceptors (Lipinski definition) is 4. The van der Waals surface area contributed by atoms with Crippen LogP contribution in [0.4, 0.5) is 0 Å². The highest BCUT2D eigenvalue weighted by Gasteiger charge is 2.46. The van der Waals surface area contributed by atoms with E-state index in [0.29, 0.717) is 25.0 Å². The zero-order valence-corrected chi connectivity index (χ0v) is 13.2. The number of carbonyl (C=O) groups is 3. The zero-order chi connectivity index (χ0) is 16.6. The van der Waals surface area contributed by atoms with Gasteiger partial charge >= 0.3 is 5.97 Å². The van der Waals surface area contributed by atoms with Crippen molar-refractivity contribution in [3.8, 4) is 0 Å². The van der Waals surface area contributed by atoms with Gasteiger partial charge in [-0.3, -0.25) is 14.5 Å². The molecule has 1 heterocycles.